The molecule has 21 heavy (non-hydrogen) atoms. The maximum absolute atomic E-state index is 12.3. The summed E-state index contributed by atoms with van der Waals surface area (Å²) in [5, 5.41) is 0. The number of aryl methyl sites for hydroxylation is 1. The van der Waals surface area contributed by atoms with Gasteiger partial charge in [-0.05, 0) is 37.9 Å². The highest BCUT2D eigenvalue weighted by molar-refractivity contribution is 5.91. The fraction of sp³-hybridized carbons (Fsp3) is 0.500. The van der Waals surface area contributed by atoms with Crippen LogP contribution in [-0.2, 0) is 4.79 Å². The number of benzene rings is 1. The van der Waals surface area contributed by atoms with Gasteiger partial charge < -0.3 is 9.80 Å². The van der Waals surface area contributed by atoms with E-state index in [0.29, 0.717) is 6.04 Å². The van der Waals surface area contributed by atoms with Crippen molar-refractivity contribution in [1.82, 2.24) is 9.80 Å². The van der Waals surface area contributed by atoms with Crippen molar-refractivity contribution in [3.05, 3.63) is 41.5 Å². The average molecular weight is 286 g/mol. The number of hydrogen-bond acceptors (Lipinski definition) is 2. The summed E-state index contributed by atoms with van der Waals surface area (Å²) in [5.41, 5.74) is 2.29. The molecular weight excluding hydrogens is 260 g/mol. The predicted octanol–water partition coefficient (Wildman–Crippen LogP) is 2.95. The van der Waals surface area contributed by atoms with Gasteiger partial charge in [0, 0.05) is 32.3 Å². The Hall–Kier alpha value is -1.61. The van der Waals surface area contributed by atoms with Crippen LogP contribution in [-0.4, -0.2) is 48.4 Å². The third-order valence-electron chi connectivity index (χ3n) is 4.36. The van der Waals surface area contributed by atoms with Crippen LogP contribution >= 0.6 is 0 Å². The molecule has 1 saturated heterocycles. The van der Waals surface area contributed by atoms with Crippen LogP contribution < -0.4 is 0 Å². The second-order valence-corrected chi connectivity index (χ2v) is 5.86. The Bertz CT molecular complexity index is 502. The highest BCUT2D eigenvalue weighted by atomic mass is 16.2. The summed E-state index contributed by atoms with van der Waals surface area (Å²) in [6.07, 6.45) is 5.76. The van der Waals surface area contributed by atoms with Gasteiger partial charge in [-0.1, -0.05) is 36.8 Å². The minimum atomic E-state index is 0.103. The lowest BCUT2D eigenvalue weighted by Crippen LogP contribution is -2.45. The van der Waals surface area contributed by atoms with Crippen LogP contribution in [0, 0.1) is 6.92 Å². The lowest BCUT2D eigenvalue weighted by molar-refractivity contribution is -0.127. The monoisotopic (exact) mass is 286 g/mol. The number of nitrogens with zero attached hydrogens (tertiary/aromatic N) is 2. The second-order valence-electron chi connectivity index (χ2n) is 5.86. The van der Waals surface area contributed by atoms with Gasteiger partial charge in [0.2, 0.25) is 5.91 Å². The lowest BCUT2D eigenvalue weighted by Gasteiger charge is -2.35. The highest BCUT2D eigenvalue weighted by Crippen LogP contribution is 2.16. The lowest BCUT2D eigenvalue weighted by atomic mass is 10.0. The SMILES string of the molecule is CCN1CCC(N(C)C(=O)/C=C/c2cccc(C)c2)CC1. The quantitative estimate of drug-likeness (QED) is 0.795. The third-order valence-corrected chi connectivity index (χ3v) is 4.36. The van der Waals surface area contributed by atoms with E-state index >= 15 is 0 Å². The molecule has 0 bridgehead atoms. The summed E-state index contributed by atoms with van der Waals surface area (Å²) >= 11 is 0. The van der Waals surface area contributed by atoms with Crippen molar-refractivity contribution in [2.75, 3.05) is 26.7 Å². The average Bonchev–Trinajstić information content (AvgIpc) is 2.52. The number of carbonyl (C=O) groups is 1. The van der Waals surface area contributed by atoms with Gasteiger partial charge in [0.25, 0.3) is 0 Å². The van der Waals surface area contributed by atoms with Crippen molar-refractivity contribution in [2.45, 2.75) is 32.7 Å². The molecule has 1 fully saturated rings. The Balaban J connectivity index is 1.91. The molecule has 1 aromatic rings. The molecule has 0 unspecified atom stereocenters. The van der Waals surface area contributed by atoms with Gasteiger partial charge in [-0.15, -0.1) is 0 Å². The maximum Gasteiger partial charge on any atom is 0.246 e. The number of hydrogen-bond donors (Lipinski definition) is 0. The topological polar surface area (TPSA) is 23.6 Å². The molecule has 1 aromatic carbocycles. The summed E-state index contributed by atoms with van der Waals surface area (Å²) < 4.78 is 0. The number of likely N-dealkylation sites (tertiary alicyclic amines) is 1. The van der Waals surface area contributed by atoms with Crippen LogP contribution in [0.25, 0.3) is 6.08 Å². The molecule has 1 amide bonds. The molecule has 0 aromatic heterocycles. The molecule has 1 aliphatic heterocycles. The predicted molar refractivity (Wildman–Crippen MR) is 88.1 cm³/mol. The van der Waals surface area contributed by atoms with Crippen LogP contribution in [0.4, 0.5) is 0 Å². The largest absolute Gasteiger partial charge is 0.339 e. The van der Waals surface area contributed by atoms with Crippen LogP contribution in [0.3, 0.4) is 0 Å². The normalized spacial score (nSPS) is 17.3. The van der Waals surface area contributed by atoms with E-state index < -0.39 is 0 Å². The van der Waals surface area contributed by atoms with Crippen molar-refractivity contribution in [2.24, 2.45) is 0 Å². The molecule has 2 rings (SSSR count). The van der Waals surface area contributed by atoms with E-state index in [1.54, 1.807) is 6.08 Å². The van der Waals surface area contributed by atoms with E-state index in [0.717, 1.165) is 38.0 Å². The van der Waals surface area contributed by atoms with Crippen LogP contribution in [0.1, 0.15) is 30.9 Å². The molecule has 0 saturated carbocycles. The number of amides is 1. The first-order chi connectivity index (χ1) is 10.1. The Labute approximate surface area is 128 Å². The Kier molecular flexibility index (Phi) is 5.57. The summed E-state index contributed by atoms with van der Waals surface area (Å²) in [6, 6.07) is 8.57. The van der Waals surface area contributed by atoms with Crippen molar-refractivity contribution in [3.8, 4) is 0 Å². The van der Waals surface area contributed by atoms with E-state index in [1.807, 2.05) is 30.2 Å². The van der Waals surface area contributed by atoms with Crippen LogP contribution in [0.2, 0.25) is 0 Å². The number of rotatable bonds is 4. The van der Waals surface area contributed by atoms with Gasteiger partial charge in [-0.25, -0.2) is 0 Å². The molecule has 0 atom stereocenters. The van der Waals surface area contributed by atoms with E-state index in [4.69, 9.17) is 0 Å². The van der Waals surface area contributed by atoms with Gasteiger partial charge in [-0.2, -0.15) is 0 Å². The van der Waals surface area contributed by atoms with Crippen LogP contribution in [0.5, 0.6) is 0 Å². The van der Waals surface area contributed by atoms with E-state index in [-0.39, 0.29) is 5.91 Å². The zero-order valence-electron chi connectivity index (χ0n) is 13.4. The van der Waals surface area contributed by atoms with E-state index in [9.17, 15) is 4.79 Å². The van der Waals surface area contributed by atoms with Crippen molar-refractivity contribution < 1.29 is 4.79 Å². The standard InChI is InChI=1S/C18H26N2O/c1-4-20-12-10-17(11-13-20)19(3)18(21)9-8-16-7-5-6-15(2)14-16/h5-9,14,17H,4,10-13H2,1-3H3/b9-8+. The number of likely N-dealkylation sites (N-methyl/N-ethyl adjacent to an activating group) is 1. The van der Waals surface area contributed by atoms with Gasteiger partial charge in [-0.3, -0.25) is 4.79 Å². The molecule has 114 valence electrons. The fourth-order valence-corrected chi connectivity index (χ4v) is 2.86. The molecule has 1 aliphatic rings. The molecule has 3 nitrogen and oxygen atoms in total. The Morgan fingerprint density at radius 3 is 2.71 bits per heavy atom. The Morgan fingerprint density at radius 1 is 1.38 bits per heavy atom. The van der Waals surface area contributed by atoms with E-state index in [1.165, 1.54) is 5.56 Å². The second kappa shape index (κ2) is 7.41. The molecule has 0 spiro atoms. The zero-order valence-corrected chi connectivity index (χ0v) is 13.4. The minimum Gasteiger partial charge on any atom is -0.339 e. The molecule has 3 heteroatoms. The fourth-order valence-electron chi connectivity index (χ4n) is 2.86. The molecule has 0 N–H and O–H groups in total. The highest BCUT2D eigenvalue weighted by Gasteiger charge is 2.23. The Morgan fingerprint density at radius 2 is 2.10 bits per heavy atom. The first kappa shape index (κ1) is 15.8. The first-order valence-electron chi connectivity index (χ1n) is 7.84. The van der Waals surface area contributed by atoms with Crippen LogP contribution in [0.15, 0.2) is 30.3 Å². The molecule has 0 aliphatic carbocycles. The summed E-state index contributed by atoms with van der Waals surface area (Å²) in [7, 11) is 1.93. The van der Waals surface area contributed by atoms with Crippen molar-refractivity contribution in [1.29, 1.82) is 0 Å². The maximum atomic E-state index is 12.3. The smallest absolute Gasteiger partial charge is 0.246 e. The first-order valence-corrected chi connectivity index (χ1v) is 7.84. The third kappa shape index (κ3) is 4.43. The van der Waals surface area contributed by atoms with Crippen molar-refractivity contribution >= 4 is 12.0 Å². The number of carbonyl (C=O) groups excluding carboxylic acids is 1. The summed E-state index contributed by atoms with van der Waals surface area (Å²) in [5.74, 6) is 0.103. The van der Waals surface area contributed by atoms with E-state index in [2.05, 4.69) is 30.9 Å². The molecular formula is C18H26N2O. The van der Waals surface area contributed by atoms with Gasteiger partial charge in [0.1, 0.15) is 0 Å². The molecule has 0 radical (unpaired) electrons. The van der Waals surface area contributed by atoms with Crippen molar-refractivity contribution in [3.63, 3.8) is 0 Å². The summed E-state index contributed by atoms with van der Waals surface area (Å²) in [4.78, 5) is 16.6. The van der Waals surface area contributed by atoms with Gasteiger partial charge in [0.05, 0.1) is 0 Å². The summed E-state index contributed by atoms with van der Waals surface area (Å²) in [6.45, 7) is 7.56. The van der Waals surface area contributed by atoms with Gasteiger partial charge >= 0.3 is 0 Å². The van der Waals surface area contributed by atoms with Gasteiger partial charge in [0.15, 0.2) is 0 Å². The molecule has 1 heterocycles. The number of piperidine rings is 1. The zero-order chi connectivity index (χ0) is 15.2. The minimum absolute atomic E-state index is 0.103.